The van der Waals surface area contributed by atoms with E-state index >= 15 is 0 Å². The number of halogens is 1. The van der Waals surface area contributed by atoms with Gasteiger partial charge in [-0.3, -0.25) is 9.52 Å². The van der Waals surface area contributed by atoms with Gasteiger partial charge in [-0.15, -0.1) is 0 Å². The molecule has 3 aromatic rings. The van der Waals surface area contributed by atoms with Crippen LogP contribution in [0.25, 0.3) is 0 Å². The number of carbonyl (C=O) groups is 1. The number of nitrogens with zero attached hydrogens (tertiary/aromatic N) is 2. The lowest BCUT2D eigenvalue weighted by Gasteiger charge is -2.33. The maximum atomic E-state index is 13.2. The Morgan fingerprint density at radius 3 is 2.39 bits per heavy atom. The summed E-state index contributed by atoms with van der Waals surface area (Å²) >= 11 is 6.30. The Labute approximate surface area is 199 Å². The molecule has 174 valence electrons. The average Bonchev–Trinajstić information content (AvgIpc) is 3.35. The van der Waals surface area contributed by atoms with Gasteiger partial charge in [-0.1, -0.05) is 11.6 Å². The summed E-state index contributed by atoms with van der Waals surface area (Å²) in [6.07, 6.45) is 5.72. The summed E-state index contributed by atoms with van der Waals surface area (Å²) in [4.78, 5) is 14.9. The molecule has 0 unspecified atom stereocenters. The second-order valence-electron chi connectivity index (χ2n) is 7.86. The molecular formula is C24H26ClN3O4S. The lowest BCUT2D eigenvalue weighted by molar-refractivity contribution is 0.0694. The molecule has 0 spiro atoms. The summed E-state index contributed by atoms with van der Waals surface area (Å²) in [5.41, 5.74) is 0.582. The Morgan fingerprint density at radius 2 is 1.76 bits per heavy atom. The lowest BCUT2D eigenvalue weighted by Crippen LogP contribution is -2.39. The summed E-state index contributed by atoms with van der Waals surface area (Å²) in [6, 6.07) is 15.2. The Balaban J connectivity index is 1.48. The smallest absolute Gasteiger partial charge is 0.261 e. The number of likely N-dealkylation sites (tertiary alicyclic amines) is 1. The molecule has 7 nitrogen and oxygen atoms in total. The Kier molecular flexibility index (Phi) is 6.95. The van der Waals surface area contributed by atoms with Crippen molar-refractivity contribution in [3.05, 3.63) is 77.6 Å². The minimum Gasteiger partial charge on any atom is -0.494 e. The maximum Gasteiger partial charge on any atom is 0.261 e. The van der Waals surface area contributed by atoms with E-state index in [0.717, 1.165) is 12.8 Å². The predicted molar refractivity (Wildman–Crippen MR) is 128 cm³/mol. The number of amides is 1. The normalized spacial score (nSPS) is 14.8. The number of anilines is 1. The van der Waals surface area contributed by atoms with Crippen molar-refractivity contribution in [2.75, 3.05) is 24.4 Å². The molecule has 1 aliphatic rings. The highest BCUT2D eigenvalue weighted by atomic mass is 35.5. The molecule has 0 radical (unpaired) electrons. The van der Waals surface area contributed by atoms with Crippen molar-refractivity contribution in [3.63, 3.8) is 0 Å². The van der Waals surface area contributed by atoms with Crippen LogP contribution in [0.2, 0.25) is 5.02 Å². The number of aromatic nitrogens is 1. The molecule has 1 saturated heterocycles. The van der Waals surface area contributed by atoms with Gasteiger partial charge in [0.1, 0.15) is 5.75 Å². The SMILES string of the molecule is CCOc1ccc(NS(=O)(=O)c2ccc(Cl)c(C(=O)N3CCC(n4cccc4)CC3)c2)cc1. The predicted octanol–water partition coefficient (Wildman–Crippen LogP) is 4.82. The lowest BCUT2D eigenvalue weighted by atomic mass is 10.0. The van der Waals surface area contributed by atoms with E-state index in [0.29, 0.717) is 37.2 Å². The van der Waals surface area contributed by atoms with Gasteiger partial charge in [-0.05, 0) is 74.4 Å². The van der Waals surface area contributed by atoms with Crippen molar-refractivity contribution < 1.29 is 17.9 Å². The average molecular weight is 488 g/mol. The number of sulfonamides is 1. The first-order chi connectivity index (χ1) is 15.9. The van der Waals surface area contributed by atoms with Crippen molar-refractivity contribution in [3.8, 4) is 5.75 Å². The van der Waals surface area contributed by atoms with Gasteiger partial charge in [-0.2, -0.15) is 0 Å². The van der Waals surface area contributed by atoms with Crippen molar-refractivity contribution in [1.29, 1.82) is 0 Å². The highest BCUT2D eigenvalue weighted by Crippen LogP contribution is 2.28. The van der Waals surface area contributed by atoms with Crippen LogP contribution in [-0.2, 0) is 10.0 Å². The zero-order valence-electron chi connectivity index (χ0n) is 18.3. The number of carbonyl (C=O) groups excluding carboxylic acids is 1. The van der Waals surface area contributed by atoms with Gasteiger partial charge in [-0.25, -0.2) is 8.42 Å². The van der Waals surface area contributed by atoms with Crippen molar-refractivity contribution in [1.82, 2.24) is 9.47 Å². The molecule has 0 saturated carbocycles. The summed E-state index contributed by atoms with van der Waals surface area (Å²) in [7, 11) is -3.90. The third-order valence-corrected chi connectivity index (χ3v) is 7.41. The van der Waals surface area contributed by atoms with Crippen LogP contribution in [0.15, 0.2) is 71.9 Å². The number of rotatable bonds is 7. The van der Waals surface area contributed by atoms with Crippen LogP contribution in [0.4, 0.5) is 5.69 Å². The van der Waals surface area contributed by atoms with Gasteiger partial charge in [0.25, 0.3) is 15.9 Å². The van der Waals surface area contributed by atoms with Crippen LogP contribution < -0.4 is 9.46 Å². The molecule has 1 N–H and O–H groups in total. The van der Waals surface area contributed by atoms with Crippen molar-refractivity contribution >= 4 is 33.2 Å². The number of hydrogen-bond acceptors (Lipinski definition) is 4. The van der Waals surface area contributed by atoms with Crippen LogP contribution in [0.1, 0.15) is 36.2 Å². The third-order valence-electron chi connectivity index (χ3n) is 5.70. The highest BCUT2D eigenvalue weighted by molar-refractivity contribution is 7.92. The largest absolute Gasteiger partial charge is 0.494 e. The first-order valence-corrected chi connectivity index (χ1v) is 12.7. The first-order valence-electron chi connectivity index (χ1n) is 10.8. The molecule has 1 fully saturated rings. The summed E-state index contributed by atoms with van der Waals surface area (Å²) < 4.78 is 36.0. The van der Waals surface area contributed by atoms with E-state index in [9.17, 15) is 13.2 Å². The number of piperidine rings is 1. The van der Waals surface area contributed by atoms with Crippen LogP contribution in [0.3, 0.4) is 0 Å². The number of benzene rings is 2. The number of hydrogen-bond donors (Lipinski definition) is 1. The van der Waals surface area contributed by atoms with E-state index in [-0.39, 0.29) is 21.4 Å². The second-order valence-corrected chi connectivity index (χ2v) is 9.95. The molecule has 33 heavy (non-hydrogen) atoms. The monoisotopic (exact) mass is 487 g/mol. The molecule has 0 atom stereocenters. The zero-order chi connectivity index (χ0) is 23.4. The minimum atomic E-state index is -3.90. The molecule has 0 bridgehead atoms. The molecule has 4 rings (SSSR count). The van der Waals surface area contributed by atoms with Crippen LogP contribution in [0, 0.1) is 0 Å². The van der Waals surface area contributed by atoms with E-state index in [2.05, 4.69) is 9.29 Å². The molecule has 1 aliphatic heterocycles. The maximum absolute atomic E-state index is 13.2. The molecular weight excluding hydrogens is 462 g/mol. The molecule has 9 heteroatoms. The van der Waals surface area contributed by atoms with Gasteiger partial charge < -0.3 is 14.2 Å². The van der Waals surface area contributed by atoms with Gasteiger partial charge in [0, 0.05) is 37.2 Å². The molecule has 1 amide bonds. The van der Waals surface area contributed by atoms with Crippen molar-refractivity contribution in [2.45, 2.75) is 30.7 Å². The first kappa shape index (κ1) is 23.2. The van der Waals surface area contributed by atoms with E-state index in [1.807, 2.05) is 31.5 Å². The molecule has 1 aromatic heterocycles. The number of nitrogens with one attached hydrogen (secondary N) is 1. The Hall–Kier alpha value is -2.97. The van der Waals surface area contributed by atoms with E-state index in [1.54, 1.807) is 29.2 Å². The van der Waals surface area contributed by atoms with E-state index in [1.165, 1.54) is 18.2 Å². The third kappa shape index (κ3) is 5.34. The quantitative estimate of drug-likeness (QED) is 0.518. The topological polar surface area (TPSA) is 80.6 Å². The summed E-state index contributed by atoms with van der Waals surface area (Å²) in [6.45, 7) is 3.57. The second kappa shape index (κ2) is 9.89. The van der Waals surface area contributed by atoms with E-state index < -0.39 is 10.0 Å². The van der Waals surface area contributed by atoms with Crippen LogP contribution in [-0.4, -0.2) is 43.5 Å². The van der Waals surface area contributed by atoms with Crippen molar-refractivity contribution in [2.24, 2.45) is 0 Å². The molecule has 2 aromatic carbocycles. The van der Waals surface area contributed by atoms with Crippen LogP contribution >= 0.6 is 11.6 Å². The zero-order valence-corrected chi connectivity index (χ0v) is 19.8. The minimum absolute atomic E-state index is 0.0219. The number of ether oxygens (including phenoxy) is 1. The fourth-order valence-electron chi connectivity index (χ4n) is 3.96. The van der Waals surface area contributed by atoms with Gasteiger partial charge in [0.2, 0.25) is 0 Å². The molecule has 2 heterocycles. The van der Waals surface area contributed by atoms with E-state index in [4.69, 9.17) is 16.3 Å². The van der Waals surface area contributed by atoms with Gasteiger partial charge in [0.15, 0.2) is 0 Å². The Bertz CT molecular complexity index is 1200. The Morgan fingerprint density at radius 1 is 1.09 bits per heavy atom. The summed E-state index contributed by atoms with van der Waals surface area (Å²) in [5.74, 6) is 0.393. The highest BCUT2D eigenvalue weighted by Gasteiger charge is 2.27. The van der Waals surface area contributed by atoms with Gasteiger partial charge >= 0.3 is 0 Å². The molecule has 0 aliphatic carbocycles. The summed E-state index contributed by atoms with van der Waals surface area (Å²) in [5, 5.41) is 0.229. The fourth-order valence-corrected chi connectivity index (χ4v) is 5.25. The fraction of sp³-hybridized carbons (Fsp3) is 0.292. The standard InChI is InChI=1S/C24H26ClN3O4S/c1-2-32-20-7-5-18(6-8-20)26-33(30,31)21-9-10-23(25)22(17-21)24(29)28-15-11-19(12-16-28)27-13-3-4-14-27/h3-10,13-14,17,19,26H,2,11-12,15-16H2,1H3. The van der Waals surface area contributed by atoms with Crippen LogP contribution in [0.5, 0.6) is 5.75 Å². The van der Waals surface area contributed by atoms with Gasteiger partial charge in [0.05, 0.1) is 22.1 Å².